The van der Waals surface area contributed by atoms with Crippen LogP contribution in [0, 0.1) is 6.92 Å². The van der Waals surface area contributed by atoms with Crippen molar-refractivity contribution in [1.29, 1.82) is 0 Å². The van der Waals surface area contributed by atoms with E-state index in [1.807, 2.05) is 25.3 Å². The second kappa shape index (κ2) is 6.48. The third kappa shape index (κ3) is 3.49. The maximum absolute atomic E-state index is 11.8. The fourth-order valence-corrected chi connectivity index (χ4v) is 1.93. The molecule has 0 saturated heterocycles. The van der Waals surface area contributed by atoms with Crippen molar-refractivity contribution >= 4 is 0 Å². The zero-order valence-corrected chi connectivity index (χ0v) is 10.5. The molecule has 1 N–H and O–H groups in total. The molecular weight excluding hydrogens is 200 g/mol. The van der Waals surface area contributed by atoms with Crippen molar-refractivity contribution in [2.24, 2.45) is 0 Å². The first-order chi connectivity index (χ1) is 7.69. The Morgan fingerprint density at radius 2 is 2.19 bits per heavy atom. The third-order valence-corrected chi connectivity index (χ3v) is 2.76. The zero-order valence-electron chi connectivity index (χ0n) is 10.5. The van der Waals surface area contributed by atoms with E-state index in [0.717, 1.165) is 31.5 Å². The molecule has 0 amide bonds. The number of nitrogens with one attached hydrogen (secondary N) is 1. The number of pyridine rings is 1. The molecule has 0 radical (unpaired) electrons. The smallest absolute Gasteiger partial charge is 0.253 e. The minimum atomic E-state index is 0.126. The summed E-state index contributed by atoms with van der Waals surface area (Å²) in [5.41, 5.74) is 0.941. The number of hydrogen-bond donors (Lipinski definition) is 1. The van der Waals surface area contributed by atoms with E-state index in [-0.39, 0.29) is 5.56 Å². The van der Waals surface area contributed by atoms with Gasteiger partial charge in [0.25, 0.3) is 5.56 Å². The lowest BCUT2D eigenvalue weighted by molar-refractivity contribution is 0.423. The maximum Gasteiger partial charge on any atom is 0.253 e. The van der Waals surface area contributed by atoms with E-state index < -0.39 is 0 Å². The summed E-state index contributed by atoms with van der Waals surface area (Å²) in [6.07, 6.45) is 4.11. The Bertz CT molecular complexity index is 364. The topological polar surface area (TPSA) is 34.0 Å². The number of rotatable bonds is 6. The molecule has 3 heteroatoms. The van der Waals surface area contributed by atoms with Crippen LogP contribution in [0.1, 0.15) is 32.3 Å². The predicted molar refractivity (Wildman–Crippen MR) is 67.8 cm³/mol. The van der Waals surface area contributed by atoms with Crippen molar-refractivity contribution in [3.8, 4) is 0 Å². The monoisotopic (exact) mass is 222 g/mol. The molecule has 1 heterocycles. The zero-order chi connectivity index (χ0) is 12.0. The lowest BCUT2D eigenvalue weighted by Crippen LogP contribution is -2.36. The first-order valence-electron chi connectivity index (χ1n) is 6.08. The average molecular weight is 222 g/mol. The van der Waals surface area contributed by atoms with E-state index in [4.69, 9.17) is 0 Å². The predicted octanol–water partition coefficient (Wildman–Crippen LogP) is 1.93. The highest BCUT2D eigenvalue weighted by Crippen LogP contribution is 2.00. The van der Waals surface area contributed by atoms with E-state index in [2.05, 4.69) is 19.2 Å². The van der Waals surface area contributed by atoms with Crippen LogP contribution in [0.4, 0.5) is 0 Å². The van der Waals surface area contributed by atoms with Gasteiger partial charge in [-0.25, -0.2) is 0 Å². The average Bonchev–Trinajstić information content (AvgIpc) is 2.25. The van der Waals surface area contributed by atoms with Crippen molar-refractivity contribution in [2.75, 3.05) is 6.54 Å². The van der Waals surface area contributed by atoms with E-state index in [1.165, 1.54) is 0 Å². The molecule has 0 aliphatic rings. The highest BCUT2D eigenvalue weighted by atomic mass is 16.1. The van der Waals surface area contributed by atoms with Crippen molar-refractivity contribution in [3.63, 3.8) is 0 Å². The van der Waals surface area contributed by atoms with Gasteiger partial charge in [0.1, 0.15) is 0 Å². The van der Waals surface area contributed by atoms with Crippen molar-refractivity contribution < 1.29 is 0 Å². The van der Waals surface area contributed by atoms with Crippen molar-refractivity contribution in [3.05, 3.63) is 34.2 Å². The summed E-state index contributed by atoms with van der Waals surface area (Å²) in [5, 5.41) is 3.42. The summed E-state index contributed by atoms with van der Waals surface area (Å²) in [5.74, 6) is 0. The Morgan fingerprint density at radius 1 is 1.44 bits per heavy atom. The highest BCUT2D eigenvalue weighted by Gasteiger charge is 2.08. The van der Waals surface area contributed by atoms with E-state index >= 15 is 0 Å². The Kier molecular flexibility index (Phi) is 5.26. The summed E-state index contributed by atoms with van der Waals surface area (Å²) in [6.45, 7) is 7.85. The SMILES string of the molecule is CCCC(Cn1cccc(C)c1=O)NCC. The van der Waals surface area contributed by atoms with Crippen LogP contribution < -0.4 is 10.9 Å². The van der Waals surface area contributed by atoms with Crippen molar-refractivity contribution in [2.45, 2.75) is 46.2 Å². The summed E-state index contributed by atoms with van der Waals surface area (Å²) in [4.78, 5) is 11.8. The summed E-state index contributed by atoms with van der Waals surface area (Å²) in [6, 6.07) is 4.20. The van der Waals surface area contributed by atoms with Gasteiger partial charge in [0, 0.05) is 24.3 Å². The molecule has 1 atom stereocenters. The van der Waals surface area contributed by atoms with Crippen LogP contribution in [0.2, 0.25) is 0 Å². The van der Waals surface area contributed by atoms with Gasteiger partial charge in [0.05, 0.1) is 0 Å². The standard InChI is InChI=1S/C13H22N2O/c1-4-7-12(14-5-2)10-15-9-6-8-11(3)13(15)16/h6,8-9,12,14H,4-5,7,10H2,1-3H3. The number of likely N-dealkylation sites (N-methyl/N-ethyl adjacent to an activating group) is 1. The molecule has 0 spiro atoms. The molecule has 1 unspecified atom stereocenters. The van der Waals surface area contributed by atoms with Gasteiger partial charge in [-0.05, 0) is 26.0 Å². The highest BCUT2D eigenvalue weighted by molar-refractivity contribution is 5.07. The Hall–Kier alpha value is -1.09. The second-order valence-corrected chi connectivity index (χ2v) is 4.19. The Labute approximate surface area is 97.5 Å². The van der Waals surface area contributed by atoms with Gasteiger partial charge in [-0.2, -0.15) is 0 Å². The molecule has 3 nitrogen and oxygen atoms in total. The fraction of sp³-hybridized carbons (Fsp3) is 0.615. The molecule has 1 rings (SSSR count). The van der Waals surface area contributed by atoms with E-state index in [1.54, 1.807) is 4.57 Å². The first kappa shape index (κ1) is 13.0. The largest absolute Gasteiger partial charge is 0.314 e. The third-order valence-electron chi connectivity index (χ3n) is 2.76. The molecule has 0 bridgehead atoms. The molecular formula is C13H22N2O. The van der Waals surface area contributed by atoms with Gasteiger partial charge in [-0.15, -0.1) is 0 Å². The van der Waals surface area contributed by atoms with Crippen molar-refractivity contribution in [1.82, 2.24) is 9.88 Å². The van der Waals surface area contributed by atoms with Gasteiger partial charge >= 0.3 is 0 Å². The summed E-state index contributed by atoms with van der Waals surface area (Å²) < 4.78 is 1.80. The molecule has 0 fully saturated rings. The Balaban J connectivity index is 2.76. The summed E-state index contributed by atoms with van der Waals surface area (Å²) in [7, 11) is 0. The molecule has 16 heavy (non-hydrogen) atoms. The molecule has 0 aliphatic heterocycles. The van der Waals surface area contributed by atoms with Gasteiger partial charge in [-0.1, -0.05) is 26.3 Å². The molecule has 0 aromatic carbocycles. The number of hydrogen-bond acceptors (Lipinski definition) is 2. The van der Waals surface area contributed by atoms with Gasteiger partial charge in [0.15, 0.2) is 0 Å². The minimum Gasteiger partial charge on any atom is -0.314 e. The normalized spacial score (nSPS) is 12.7. The quantitative estimate of drug-likeness (QED) is 0.798. The Morgan fingerprint density at radius 3 is 2.81 bits per heavy atom. The van der Waals surface area contributed by atoms with Crippen LogP contribution in [0.5, 0.6) is 0 Å². The molecule has 0 saturated carbocycles. The number of nitrogens with zero attached hydrogens (tertiary/aromatic N) is 1. The van der Waals surface area contributed by atoms with Crippen LogP contribution in [0.3, 0.4) is 0 Å². The number of aromatic nitrogens is 1. The molecule has 0 aliphatic carbocycles. The fourth-order valence-electron chi connectivity index (χ4n) is 1.93. The van der Waals surface area contributed by atoms with Crippen LogP contribution in [-0.2, 0) is 6.54 Å². The molecule has 1 aromatic rings. The first-order valence-corrected chi connectivity index (χ1v) is 6.08. The van der Waals surface area contributed by atoms with Gasteiger partial charge < -0.3 is 9.88 Å². The van der Waals surface area contributed by atoms with Crippen LogP contribution in [0.15, 0.2) is 23.1 Å². The van der Waals surface area contributed by atoms with E-state index in [9.17, 15) is 4.79 Å². The van der Waals surface area contributed by atoms with Crippen LogP contribution in [0.25, 0.3) is 0 Å². The summed E-state index contributed by atoms with van der Waals surface area (Å²) >= 11 is 0. The molecule has 1 aromatic heterocycles. The van der Waals surface area contributed by atoms with E-state index in [0.29, 0.717) is 6.04 Å². The second-order valence-electron chi connectivity index (χ2n) is 4.19. The molecule has 90 valence electrons. The lowest BCUT2D eigenvalue weighted by atomic mass is 10.1. The minimum absolute atomic E-state index is 0.126. The van der Waals surface area contributed by atoms with Crippen LogP contribution >= 0.6 is 0 Å². The number of aryl methyl sites for hydroxylation is 1. The van der Waals surface area contributed by atoms with Gasteiger partial charge in [-0.3, -0.25) is 4.79 Å². The van der Waals surface area contributed by atoms with Crippen LogP contribution in [-0.4, -0.2) is 17.2 Å². The lowest BCUT2D eigenvalue weighted by Gasteiger charge is -2.18. The maximum atomic E-state index is 11.8. The van der Waals surface area contributed by atoms with Gasteiger partial charge in [0.2, 0.25) is 0 Å².